The summed E-state index contributed by atoms with van der Waals surface area (Å²) in [4.78, 5) is 40.4. The summed E-state index contributed by atoms with van der Waals surface area (Å²) >= 11 is 0. The molecule has 0 unspecified atom stereocenters. The van der Waals surface area contributed by atoms with Gasteiger partial charge in [0.15, 0.2) is 30.4 Å². The number of hydrogen-bond acceptors (Lipinski definition) is 14. The molecule has 0 amide bonds. The lowest BCUT2D eigenvalue weighted by Gasteiger charge is -2.42. The molecule has 2 aromatic rings. The minimum absolute atomic E-state index is 0.0171. The number of benzene rings is 2. The third-order valence-corrected chi connectivity index (χ3v) is 9.20. The van der Waals surface area contributed by atoms with E-state index in [1.807, 2.05) is 6.92 Å². The molecular formula is C32H38N2O12. The van der Waals surface area contributed by atoms with Gasteiger partial charge in [0.25, 0.3) is 0 Å². The van der Waals surface area contributed by atoms with E-state index in [0.717, 1.165) is 0 Å². The molecule has 248 valence electrons. The van der Waals surface area contributed by atoms with Gasteiger partial charge in [0.05, 0.1) is 55.3 Å². The molecule has 0 saturated carbocycles. The third-order valence-electron chi connectivity index (χ3n) is 9.20. The molecule has 6 rings (SSSR count). The number of carbonyl (C=O) groups excluding carboxylic acids is 3. The average Bonchev–Trinajstić information content (AvgIpc) is 3.05. The Morgan fingerprint density at radius 2 is 1.85 bits per heavy atom. The summed E-state index contributed by atoms with van der Waals surface area (Å²) in [7, 11) is 2.88. The Morgan fingerprint density at radius 3 is 2.54 bits per heavy atom. The molecular weight excluding hydrogens is 604 g/mol. The van der Waals surface area contributed by atoms with E-state index in [-0.39, 0.29) is 40.5 Å². The lowest BCUT2D eigenvalue weighted by molar-refractivity contribution is -0.281. The quantitative estimate of drug-likeness (QED) is 0.217. The molecule has 2 fully saturated rings. The van der Waals surface area contributed by atoms with E-state index in [1.54, 1.807) is 0 Å². The van der Waals surface area contributed by atoms with Crippen molar-refractivity contribution < 1.29 is 58.1 Å². The highest BCUT2D eigenvalue weighted by Gasteiger charge is 2.50. The van der Waals surface area contributed by atoms with Gasteiger partial charge in [-0.2, -0.15) is 0 Å². The third kappa shape index (κ3) is 5.38. The van der Waals surface area contributed by atoms with Crippen LogP contribution in [0.1, 0.15) is 75.3 Å². The molecule has 2 aliphatic carbocycles. The SMILES string of the molecule is COc1cccc2c1C(=O)c1c(O)c3c(c(O)c1C2=O)C[C@@](O)(C(=O)CN)C[C@@H]3O[C@H]1CC[C@H](O[C@H]2NCCO[C@@H]2OC)[C@H](C)O1. The maximum Gasteiger partial charge on any atom is 0.202 e. The first-order valence-corrected chi connectivity index (χ1v) is 15.2. The summed E-state index contributed by atoms with van der Waals surface area (Å²) in [5.74, 6) is -3.27. The second kappa shape index (κ2) is 12.6. The smallest absolute Gasteiger partial charge is 0.202 e. The maximum absolute atomic E-state index is 13.8. The number of methoxy groups -OCH3 is 2. The standard InChI is InChI=1S/C32H38N2O12/c1-14-17(46-30-31(42-3)43-10-9-34-30)7-8-21(44-14)45-19-12-32(40,20(35)13-33)11-16-23(19)29(39)25-24(27(16)37)26(36)15-5-4-6-18(41-2)22(15)28(25)38/h4-6,14,17,19,21,30-31,34,37,39-40H,7-13,33H2,1-3H3/t14-,17-,19-,21-,30+,31-,32-/m0/s1. The van der Waals surface area contributed by atoms with Gasteiger partial charge in [-0.05, 0) is 19.4 Å². The summed E-state index contributed by atoms with van der Waals surface area (Å²) < 4.78 is 34.9. The molecule has 4 aliphatic rings. The van der Waals surface area contributed by atoms with Crippen LogP contribution >= 0.6 is 0 Å². The minimum Gasteiger partial charge on any atom is -0.507 e. The molecule has 0 spiro atoms. The fourth-order valence-corrected chi connectivity index (χ4v) is 6.88. The van der Waals surface area contributed by atoms with Crippen LogP contribution in [0.5, 0.6) is 17.2 Å². The number of ether oxygens (including phenoxy) is 6. The number of nitrogens with one attached hydrogen (secondary N) is 1. The number of nitrogens with two attached hydrogens (primary N) is 1. The number of Topliss-reactive ketones (excluding diaryl/α,β-unsaturated/α-hetero) is 1. The number of phenols is 2. The predicted molar refractivity (Wildman–Crippen MR) is 158 cm³/mol. The number of aromatic hydroxyl groups is 2. The van der Waals surface area contributed by atoms with Gasteiger partial charge in [-0.25, -0.2) is 0 Å². The molecule has 0 bridgehead atoms. The van der Waals surface area contributed by atoms with E-state index in [9.17, 15) is 29.7 Å². The molecule has 2 aliphatic heterocycles. The zero-order valence-electron chi connectivity index (χ0n) is 25.7. The van der Waals surface area contributed by atoms with Crippen molar-refractivity contribution in [3.8, 4) is 17.2 Å². The van der Waals surface area contributed by atoms with Crippen LogP contribution in [0.3, 0.4) is 0 Å². The topological polar surface area (TPSA) is 205 Å². The Kier molecular flexibility index (Phi) is 8.91. The number of fused-ring (bicyclic) bond motifs is 3. The van der Waals surface area contributed by atoms with Crippen LogP contribution in [0.2, 0.25) is 0 Å². The number of rotatable bonds is 8. The van der Waals surface area contributed by atoms with E-state index >= 15 is 0 Å². The van der Waals surface area contributed by atoms with E-state index < -0.39 is 89.6 Å². The molecule has 2 aromatic carbocycles. The zero-order valence-corrected chi connectivity index (χ0v) is 25.7. The summed E-state index contributed by atoms with van der Waals surface area (Å²) in [6.07, 6.45) is -4.03. The average molecular weight is 643 g/mol. The monoisotopic (exact) mass is 642 g/mol. The fraction of sp³-hybridized carbons (Fsp3) is 0.531. The van der Waals surface area contributed by atoms with Crippen LogP contribution in [-0.2, 0) is 34.9 Å². The number of phenolic OH excluding ortho intramolecular Hbond substituents is 2. The maximum atomic E-state index is 13.8. The van der Waals surface area contributed by atoms with Gasteiger partial charge in [0.2, 0.25) is 5.78 Å². The van der Waals surface area contributed by atoms with Gasteiger partial charge in [0.1, 0.15) is 22.8 Å². The number of carbonyl (C=O) groups is 3. The van der Waals surface area contributed by atoms with E-state index in [4.69, 9.17) is 34.2 Å². The van der Waals surface area contributed by atoms with Crippen LogP contribution in [0, 0.1) is 0 Å². The van der Waals surface area contributed by atoms with E-state index in [0.29, 0.717) is 26.0 Å². The van der Waals surface area contributed by atoms with E-state index in [1.165, 1.54) is 32.4 Å². The van der Waals surface area contributed by atoms with Crippen molar-refractivity contribution in [2.75, 3.05) is 33.9 Å². The Balaban J connectivity index is 1.34. The Labute approximate surface area is 264 Å². The van der Waals surface area contributed by atoms with Crippen molar-refractivity contribution in [1.82, 2.24) is 5.32 Å². The van der Waals surface area contributed by atoms with Gasteiger partial charge >= 0.3 is 0 Å². The molecule has 2 heterocycles. The number of hydrogen-bond donors (Lipinski definition) is 5. The Hall–Kier alpha value is -3.47. The van der Waals surface area contributed by atoms with Crippen molar-refractivity contribution in [2.45, 2.75) is 75.3 Å². The number of morpholine rings is 1. The van der Waals surface area contributed by atoms with Crippen LogP contribution in [0.15, 0.2) is 18.2 Å². The molecule has 0 aromatic heterocycles. The summed E-state index contributed by atoms with van der Waals surface area (Å²) in [5.41, 5.74) is 2.51. The molecule has 0 radical (unpaired) electrons. The van der Waals surface area contributed by atoms with Crippen LogP contribution in [-0.4, -0.2) is 103 Å². The zero-order chi connectivity index (χ0) is 32.9. The van der Waals surface area contributed by atoms with Gasteiger partial charge in [-0.15, -0.1) is 0 Å². The first-order chi connectivity index (χ1) is 22.0. The molecule has 7 atom stereocenters. The summed E-state index contributed by atoms with van der Waals surface area (Å²) in [6, 6.07) is 4.46. The van der Waals surface area contributed by atoms with Crippen molar-refractivity contribution >= 4 is 17.3 Å². The van der Waals surface area contributed by atoms with Gasteiger partial charge < -0.3 is 49.5 Å². The van der Waals surface area contributed by atoms with Crippen LogP contribution in [0.4, 0.5) is 0 Å². The fourth-order valence-electron chi connectivity index (χ4n) is 6.88. The first-order valence-electron chi connectivity index (χ1n) is 15.2. The predicted octanol–water partition coefficient (Wildman–Crippen LogP) is 0.973. The second-order valence-corrected chi connectivity index (χ2v) is 11.9. The Morgan fingerprint density at radius 1 is 1.09 bits per heavy atom. The lowest BCUT2D eigenvalue weighted by atomic mass is 9.71. The highest BCUT2D eigenvalue weighted by molar-refractivity contribution is 6.31. The number of aliphatic hydroxyl groups is 1. The highest BCUT2D eigenvalue weighted by Crippen LogP contribution is 2.52. The Bertz CT molecular complexity index is 1560. The first kappa shape index (κ1) is 32.5. The highest BCUT2D eigenvalue weighted by atomic mass is 16.7. The largest absolute Gasteiger partial charge is 0.507 e. The van der Waals surface area contributed by atoms with Crippen LogP contribution in [0.25, 0.3) is 0 Å². The van der Waals surface area contributed by atoms with Crippen molar-refractivity contribution in [3.05, 3.63) is 51.6 Å². The van der Waals surface area contributed by atoms with Crippen molar-refractivity contribution in [3.63, 3.8) is 0 Å². The van der Waals surface area contributed by atoms with Crippen LogP contribution < -0.4 is 15.8 Å². The van der Waals surface area contributed by atoms with Crippen molar-refractivity contribution in [1.29, 1.82) is 0 Å². The molecule has 6 N–H and O–H groups in total. The second-order valence-electron chi connectivity index (χ2n) is 11.9. The molecule has 46 heavy (non-hydrogen) atoms. The molecule has 2 saturated heterocycles. The van der Waals surface area contributed by atoms with Gasteiger partial charge in [-0.3, -0.25) is 19.7 Å². The van der Waals surface area contributed by atoms with Gasteiger partial charge in [0, 0.05) is 49.6 Å². The molecule has 14 heteroatoms. The summed E-state index contributed by atoms with van der Waals surface area (Å²) in [5, 5.41) is 37.9. The normalized spacial score (nSPS) is 30.7. The molecule has 14 nitrogen and oxygen atoms in total. The lowest BCUT2D eigenvalue weighted by Crippen LogP contribution is -2.54. The summed E-state index contributed by atoms with van der Waals surface area (Å²) in [6.45, 7) is 2.39. The van der Waals surface area contributed by atoms with E-state index in [2.05, 4.69) is 5.32 Å². The minimum atomic E-state index is -2.10. The van der Waals surface area contributed by atoms with Crippen molar-refractivity contribution in [2.24, 2.45) is 5.73 Å². The van der Waals surface area contributed by atoms with Gasteiger partial charge in [-0.1, -0.05) is 12.1 Å². The number of ketones is 3.